The quantitative estimate of drug-likeness (QED) is 0.326. The molecule has 42 valence electrons. The standard InChI is InChI=1S/C3H10N3Si/c1-7(2,3)6-5-4/h1-3H3,(H-,4,6)/q-1. The fourth-order valence-corrected chi connectivity index (χ4v) is 0.450. The second-order valence-corrected chi connectivity index (χ2v) is 6.91. The summed E-state index contributed by atoms with van der Waals surface area (Å²) >= 11 is 0. The molecule has 0 radical (unpaired) electrons. The van der Waals surface area contributed by atoms with Crippen LogP contribution >= 0.6 is 0 Å². The topological polar surface area (TPSA) is 50.3 Å². The van der Waals surface area contributed by atoms with Crippen molar-refractivity contribution in [3.05, 3.63) is 5.09 Å². The van der Waals surface area contributed by atoms with Crippen LogP contribution in [0.25, 0.3) is 5.09 Å². The van der Waals surface area contributed by atoms with Crippen LogP contribution < -0.4 is 0 Å². The van der Waals surface area contributed by atoms with E-state index in [2.05, 4.69) is 10.3 Å². The predicted octanol–water partition coefficient (Wildman–Crippen LogP) is 2.14. The van der Waals surface area contributed by atoms with Gasteiger partial charge in [0.25, 0.3) is 0 Å². The second-order valence-electron chi connectivity index (χ2n) is 2.37. The van der Waals surface area contributed by atoms with Gasteiger partial charge in [0.2, 0.25) is 0 Å². The molecule has 0 spiro atoms. The maximum Gasteiger partial charge on any atom is 0.0659 e. The summed E-state index contributed by atoms with van der Waals surface area (Å²) in [4.78, 5) is 0. The van der Waals surface area contributed by atoms with Gasteiger partial charge in [-0.15, -0.1) is 0 Å². The molecular weight excluding hydrogens is 106 g/mol. The van der Waals surface area contributed by atoms with Gasteiger partial charge in [-0.05, 0) is 0 Å². The Morgan fingerprint density at radius 1 is 1.43 bits per heavy atom. The molecule has 0 unspecified atom stereocenters. The Balaban J connectivity index is 3.34. The maximum atomic E-state index is 6.35. The zero-order valence-electron chi connectivity index (χ0n) is 4.89. The van der Waals surface area contributed by atoms with E-state index in [1.807, 2.05) is 19.6 Å². The van der Waals surface area contributed by atoms with E-state index < -0.39 is 8.24 Å². The molecule has 0 aliphatic rings. The fraction of sp³-hybridized carbons (Fsp3) is 1.00. The predicted molar refractivity (Wildman–Crippen MR) is 31.9 cm³/mol. The normalized spacial score (nSPS) is 10.7. The summed E-state index contributed by atoms with van der Waals surface area (Å²) in [7, 11) is -1.39. The zero-order chi connectivity index (χ0) is 5.91. The number of rotatable bonds is 2. The van der Waals surface area contributed by atoms with Crippen molar-refractivity contribution in [3.8, 4) is 0 Å². The molecule has 0 saturated heterocycles. The number of nitrogens with zero attached hydrogens (tertiary/aromatic N) is 2. The van der Waals surface area contributed by atoms with Crippen molar-refractivity contribution in [2.75, 3.05) is 0 Å². The largest absolute Gasteiger partial charge is 0.398 e. The summed E-state index contributed by atoms with van der Waals surface area (Å²) in [6, 6.07) is 0. The SMILES string of the molecule is C[Si](C)(C)[N-]N=N. The second kappa shape index (κ2) is 2.06. The van der Waals surface area contributed by atoms with Crippen LogP contribution in [0.3, 0.4) is 0 Å². The summed E-state index contributed by atoms with van der Waals surface area (Å²) in [5.41, 5.74) is 6.35. The van der Waals surface area contributed by atoms with Gasteiger partial charge in [-0.2, -0.15) is 0 Å². The summed E-state index contributed by atoms with van der Waals surface area (Å²) < 4.78 is 0. The Morgan fingerprint density at radius 3 is 1.86 bits per heavy atom. The summed E-state index contributed by atoms with van der Waals surface area (Å²) in [5.74, 6) is 0. The third-order valence-electron chi connectivity index (χ3n) is 0.350. The average molecular weight is 116 g/mol. The minimum absolute atomic E-state index is 1.39. The average Bonchev–Trinajstić information content (AvgIpc) is 1.30. The Kier molecular flexibility index (Phi) is 1.95. The Morgan fingerprint density at radius 2 is 1.86 bits per heavy atom. The summed E-state index contributed by atoms with van der Waals surface area (Å²) in [6.07, 6.45) is 0. The summed E-state index contributed by atoms with van der Waals surface area (Å²) in [6.45, 7) is 6.10. The highest BCUT2D eigenvalue weighted by molar-refractivity contribution is 6.80. The third-order valence-corrected chi connectivity index (χ3v) is 1.05. The first kappa shape index (κ1) is 6.62. The Bertz CT molecular complexity index is 65.1. The van der Waals surface area contributed by atoms with E-state index in [9.17, 15) is 0 Å². The molecule has 0 aromatic heterocycles. The number of hydrogen-bond acceptors (Lipinski definition) is 2. The van der Waals surface area contributed by atoms with Crippen molar-refractivity contribution in [1.29, 1.82) is 5.53 Å². The first-order valence-electron chi connectivity index (χ1n) is 2.15. The molecule has 0 aliphatic carbocycles. The minimum Gasteiger partial charge on any atom is -0.398 e. The highest BCUT2D eigenvalue weighted by Crippen LogP contribution is 2.08. The highest BCUT2D eigenvalue weighted by atomic mass is 28.3. The molecule has 0 fully saturated rings. The van der Waals surface area contributed by atoms with E-state index in [0.717, 1.165) is 0 Å². The first-order valence-corrected chi connectivity index (χ1v) is 5.59. The molecule has 0 amide bonds. The molecule has 0 aromatic carbocycles. The lowest BCUT2D eigenvalue weighted by atomic mass is 11.8. The Labute approximate surface area is 44.7 Å². The lowest BCUT2D eigenvalue weighted by Gasteiger charge is -2.19. The van der Waals surface area contributed by atoms with E-state index >= 15 is 0 Å². The van der Waals surface area contributed by atoms with Gasteiger partial charge in [0.15, 0.2) is 0 Å². The molecule has 0 atom stereocenters. The monoisotopic (exact) mass is 116 g/mol. The lowest BCUT2D eigenvalue weighted by Crippen LogP contribution is -2.15. The van der Waals surface area contributed by atoms with Gasteiger partial charge in [0.05, 0.1) is 8.24 Å². The smallest absolute Gasteiger partial charge is 0.0659 e. The zero-order valence-corrected chi connectivity index (χ0v) is 5.89. The van der Waals surface area contributed by atoms with Crippen molar-refractivity contribution < 1.29 is 0 Å². The maximum absolute atomic E-state index is 6.35. The van der Waals surface area contributed by atoms with Gasteiger partial charge in [-0.1, -0.05) is 19.6 Å². The van der Waals surface area contributed by atoms with Gasteiger partial charge in [-0.3, -0.25) is 5.22 Å². The third kappa shape index (κ3) is 5.62. The van der Waals surface area contributed by atoms with E-state index in [4.69, 9.17) is 5.53 Å². The fourth-order valence-electron chi connectivity index (χ4n) is 0.150. The van der Waals surface area contributed by atoms with E-state index in [1.165, 1.54) is 0 Å². The lowest BCUT2D eigenvalue weighted by molar-refractivity contribution is 1.12. The number of hydrogen-bond donors (Lipinski definition) is 1. The van der Waals surface area contributed by atoms with Gasteiger partial charge < -0.3 is 10.6 Å². The van der Waals surface area contributed by atoms with Crippen LogP contribution in [0.5, 0.6) is 0 Å². The molecule has 0 saturated carbocycles. The van der Waals surface area contributed by atoms with Crippen LogP contribution in [0.2, 0.25) is 19.6 Å². The van der Waals surface area contributed by atoms with Crippen LogP contribution in [0, 0.1) is 5.53 Å². The number of nitrogens with one attached hydrogen (secondary N) is 1. The first-order chi connectivity index (χ1) is 3.06. The van der Waals surface area contributed by atoms with Crippen molar-refractivity contribution in [3.63, 3.8) is 0 Å². The van der Waals surface area contributed by atoms with Gasteiger partial charge in [0.1, 0.15) is 0 Å². The van der Waals surface area contributed by atoms with E-state index in [-0.39, 0.29) is 0 Å². The van der Waals surface area contributed by atoms with Crippen LogP contribution in [0.4, 0.5) is 0 Å². The van der Waals surface area contributed by atoms with E-state index in [0.29, 0.717) is 0 Å². The minimum atomic E-state index is -1.39. The van der Waals surface area contributed by atoms with Gasteiger partial charge >= 0.3 is 0 Å². The van der Waals surface area contributed by atoms with Crippen molar-refractivity contribution in [2.24, 2.45) is 5.22 Å². The molecule has 4 heteroatoms. The molecule has 7 heavy (non-hydrogen) atoms. The highest BCUT2D eigenvalue weighted by Gasteiger charge is 2.02. The van der Waals surface area contributed by atoms with Crippen LogP contribution in [0.1, 0.15) is 0 Å². The van der Waals surface area contributed by atoms with Gasteiger partial charge in [-0.25, -0.2) is 0 Å². The molecule has 0 heterocycles. The van der Waals surface area contributed by atoms with Crippen LogP contribution in [-0.4, -0.2) is 8.24 Å². The van der Waals surface area contributed by atoms with Crippen molar-refractivity contribution in [1.82, 2.24) is 0 Å². The molecule has 3 nitrogen and oxygen atoms in total. The Hall–Kier alpha value is -0.383. The van der Waals surface area contributed by atoms with Crippen molar-refractivity contribution >= 4 is 8.24 Å². The molecular formula is C3H10N3Si-. The molecule has 0 bridgehead atoms. The van der Waals surface area contributed by atoms with Crippen molar-refractivity contribution in [2.45, 2.75) is 19.6 Å². The van der Waals surface area contributed by atoms with Gasteiger partial charge in [0, 0.05) is 0 Å². The van der Waals surface area contributed by atoms with E-state index in [1.54, 1.807) is 0 Å². The molecule has 0 aliphatic heterocycles. The molecule has 1 N–H and O–H groups in total. The van der Waals surface area contributed by atoms with Crippen LogP contribution in [0.15, 0.2) is 5.22 Å². The molecule has 0 aromatic rings. The summed E-state index contributed by atoms with van der Waals surface area (Å²) in [5, 5.41) is 6.63. The molecule has 0 rings (SSSR count). The van der Waals surface area contributed by atoms with Crippen LogP contribution in [-0.2, 0) is 0 Å².